The summed E-state index contributed by atoms with van der Waals surface area (Å²) in [4.78, 5) is 6.59. The first-order chi connectivity index (χ1) is 9.17. The molecule has 102 valence electrons. The van der Waals surface area contributed by atoms with Gasteiger partial charge in [0.25, 0.3) is 0 Å². The Labute approximate surface area is 121 Å². The molecule has 2 aromatic rings. The Morgan fingerprint density at radius 3 is 2.89 bits per heavy atom. The van der Waals surface area contributed by atoms with Crippen LogP contribution in [0.1, 0.15) is 6.92 Å². The van der Waals surface area contributed by atoms with Gasteiger partial charge in [-0.15, -0.1) is 0 Å². The van der Waals surface area contributed by atoms with Gasteiger partial charge in [0.1, 0.15) is 0 Å². The molecule has 0 fully saturated rings. The molecule has 19 heavy (non-hydrogen) atoms. The van der Waals surface area contributed by atoms with Crippen LogP contribution >= 0.6 is 15.9 Å². The molecular formula is C14H18BrN3O. The minimum absolute atomic E-state index is 0.672. The highest BCUT2D eigenvalue weighted by atomic mass is 79.9. The lowest BCUT2D eigenvalue weighted by Gasteiger charge is -2.25. The van der Waals surface area contributed by atoms with Crippen molar-refractivity contribution in [2.24, 2.45) is 0 Å². The van der Waals surface area contributed by atoms with Gasteiger partial charge in [0, 0.05) is 30.1 Å². The standard InChI is InChI=1S/C14H18BrN3O/c1-3-18(6-7-19-2)14-11-8-10(15)4-5-13(11)17-9-12(14)16/h4-5,8-9H,3,6-7,16H2,1-2H3. The van der Waals surface area contributed by atoms with Gasteiger partial charge in [-0.2, -0.15) is 0 Å². The summed E-state index contributed by atoms with van der Waals surface area (Å²) in [5.74, 6) is 0. The molecule has 0 bridgehead atoms. The van der Waals surface area contributed by atoms with E-state index in [-0.39, 0.29) is 0 Å². The molecule has 1 aromatic heterocycles. The van der Waals surface area contributed by atoms with E-state index in [4.69, 9.17) is 10.5 Å². The van der Waals surface area contributed by atoms with Crippen LogP contribution in [0.5, 0.6) is 0 Å². The fraction of sp³-hybridized carbons (Fsp3) is 0.357. The van der Waals surface area contributed by atoms with Crippen LogP contribution < -0.4 is 10.6 Å². The zero-order valence-electron chi connectivity index (χ0n) is 11.2. The summed E-state index contributed by atoms with van der Waals surface area (Å²) >= 11 is 3.50. The van der Waals surface area contributed by atoms with Crippen molar-refractivity contribution >= 4 is 38.2 Å². The third-order valence-electron chi connectivity index (χ3n) is 3.09. The summed E-state index contributed by atoms with van der Waals surface area (Å²) in [5, 5.41) is 1.06. The average molecular weight is 324 g/mol. The normalized spacial score (nSPS) is 10.9. The van der Waals surface area contributed by atoms with Crippen molar-refractivity contribution in [3.05, 3.63) is 28.9 Å². The number of nitrogens with zero attached hydrogens (tertiary/aromatic N) is 2. The molecule has 0 aliphatic carbocycles. The lowest BCUT2D eigenvalue weighted by Crippen LogP contribution is -2.28. The van der Waals surface area contributed by atoms with Gasteiger partial charge in [-0.3, -0.25) is 4.98 Å². The number of methoxy groups -OCH3 is 1. The van der Waals surface area contributed by atoms with E-state index < -0.39 is 0 Å². The number of fused-ring (bicyclic) bond motifs is 1. The molecule has 0 saturated heterocycles. The van der Waals surface area contributed by atoms with E-state index in [2.05, 4.69) is 38.8 Å². The first kappa shape index (κ1) is 14.1. The van der Waals surface area contributed by atoms with Crippen molar-refractivity contribution < 1.29 is 4.74 Å². The highest BCUT2D eigenvalue weighted by Gasteiger charge is 2.13. The number of hydrogen-bond acceptors (Lipinski definition) is 4. The van der Waals surface area contributed by atoms with E-state index in [0.29, 0.717) is 12.3 Å². The number of benzene rings is 1. The van der Waals surface area contributed by atoms with E-state index in [0.717, 1.165) is 34.2 Å². The topological polar surface area (TPSA) is 51.4 Å². The summed E-state index contributed by atoms with van der Waals surface area (Å²) < 4.78 is 6.19. The van der Waals surface area contributed by atoms with Crippen molar-refractivity contribution in [1.82, 2.24) is 4.98 Å². The molecule has 1 aromatic carbocycles. The highest BCUT2D eigenvalue weighted by molar-refractivity contribution is 9.10. The Balaban J connectivity index is 2.55. The molecule has 0 atom stereocenters. The first-order valence-corrected chi connectivity index (χ1v) is 7.04. The van der Waals surface area contributed by atoms with Gasteiger partial charge in [-0.05, 0) is 25.1 Å². The van der Waals surface area contributed by atoms with E-state index >= 15 is 0 Å². The molecule has 4 nitrogen and oxygen atoms in total. The van der Waals surface area contributed by atoms with Crippen LogP contribution in [0.25, 0.3) is 10.9 Å². The second-order valence-electron chi connectivity index (χ2n) is 4.30. The zero-order chi connectivity index (χ0) is 13.8. The summed E-state index contributed by atoms with van der Waals surface area (Å²) in [6.07, 6.45) is 1.72. The minimum Gasteiger partial charge on any atom is -0.396 e. The average Bonchev–Trinajstić information content (AvgIpc) is 2.41. The van der Waals surface area contributed by atoms with Crippen molar-refractivity contribution in [3.63, 3.8) is 0 Å². The van der Waals surface area contributed by atoms with Crippen LogP contribution in [0.15, 0.2) is 28.9 Å². The van der Waals surface area contributed by atoms with E-state index in [1.54, 1.807) is 13.3 Å². The van der Waals surface area contributed by atoms with Gasteiger partial charge in [-0.1, -0.05) is 15.9 Å². The van der Waals surface area contributed by atoms with Gasteiger partial charge in [-0.25, -0.2) is 0 Å². The Kier molecular flexibility index (Phi) is 4.61. The largest absolute Gasteiger partial charge is 0.396 e. The number of anilines is 2. The van der Waals surface area contributed by atoms with E-state index in [1.807, 2.05) is 12.1 Å². The molecule has 2 N–H and O–H groups in total. The molecule has 0 aliphatic rings. The van der Waals surface area contributed by atoms with E-state index in [1.165, 1.54) is 0 Å². The molecule has 0 aliphatic heterocycles. The van der Waals surface area contributed by atoms with Crippen LogP contribution in [0.2, 0.25) is 0 Å². The Morgan fingerprint density at radius 2 is 2.21 bits per heavy atom. The van der Waals surface area contributed by atoms with Crippen LogP contribution in [-0.4, -0.2) is 31.8 Å². The van der Waals surface area contributed by atoms with Gasteiger partial charge >= 0.3 is 0 Å². The lowest BCUT2D eigenvalue weighted by molar-refractivity contribution is 0.205. The third kappa shape index (κ3) is 2.98. The number of halogens is 1. The predicted molar refractivity (Wildman–Crippen MR) is 83.6 cm³/mol. The number of ether oxygens (including phenoxy) is 1. The van der Waals surface area contributed by atoms with E-state index in [9.17, 15) is 0 Å². The number of likely N-dealkylation sites (N-methyl/N-ethyl adjacent to an activating group) is 1. The zero-order valence-corrected chi connectivity index (χ0v) is 12.8. The van der Waals surface area contributed by atoms with Crippen molar-refractivity contribution in [1.29, 1.82) is 0 Å². The molecule has 0 amide bonds. The van der Waals surface area contributed by atoms with Gasteiger partial charge in [0.2, 0.25) is 0 Å². The van der Waals surface area contributed by atoms with Crippen molar-refractivity contribution in [2.75, 3.05) is 37.4 Å². The number of hydrogen-bond donors (Lipinski definition) is 1. The third-order valence-corrected chi connectivity index (χ3v) is 3.59. The second-order valence-corrected chi connectivity index (χ2v) is 5.21. The lowest BCUT2D eigenvalue weighted by atomic mass is 10.1. The summed E-state index contributed by atoms with van der Waals surface area (Å²) in [7, 11) is 1.71. The SMILES string of the molecule is CCN(CCOC)c1c(N)cnc2ccc(Br)cc12. The fourth-order valence-corrected chi connectivity index (χ4v) is 2.51. The number of nitrogens with two attached hydrogens (primary N) is 1. The summed E-state index contributed by atoms with van der Waals surface area (Å²) in [6, 6.07) is 6.04. The molecule has 5 heteroatoms. The molecule has 2 rings (SSSR count). The number of rotatable bonds is 5. The maximum absolute atomic E-state index is 6.12. The monoisotopic (exact) mass is 323 g/mol. The Hall–Kier alpha value is -1.33. The highest BCUT2D eigenvalue weighted by Crippen LogP contribution is 2.33. The quantitative estimate of drug-likeness (QED) is 0.918. The number of aromatic nitrogens is 1. The first-order valence-electron chi connectivity index (χ1n) is 6.25. The maximum atomic E-state index is 6.12. The van der Waals surface area contributed by atoms with Crippen molar-refractivity contribution in [3.8, 4) is 0 Å². The maximum Gasteiger partial charge on any atom is 0.0745 e. The molecule has 0 radical (unpaired) electrons. The summed E-state index contributed by atoms with van der Waals surface area (Å²) in [6.45, 7) is 4.46. The van der Waals surface area contributed by atoms with Crippen LogP contribution in [0, 0.1) is 0 Å². The van der Waals surface area contributed by atoms with Crippen molar-refractivity contribution in [2.45, 2.75) is 6.92 Å². The minimum atomic E-state index is 0.672. The molecule has 0 saturated carbocycles. The Bertz CT molecular complexity index is 569. The second kappa shape index (κ2) is 6.21. The molecule has 0 spiro atoms. The molecule has 0 unspecified atom stereocenters. The number of nitrogen functional groups attached to an aromatic ring is 1. The smallest absolute Gasteiger partial charge is 0.0745 e. The molecular weight excluding hydrogens is 306 g/mol. The van der Waals surface area contributed by atoms with Crippen LogP contribution in [0.3, 0.4) is 0 Å². The van der Waals surface area contributed by atoms with Gasteiger partial charge < -0.3 is 15.4 Å². The van der Waals surface area contributed by atoms with Gasteiger partial charge in [0.05, 0.1) is 29.7 Å². The number of pyridine rings is 1. The Morgan fingerprint density at radius 1 is 1.42 bits per heavy atom. The predicted octanol–water partition coefficient (Wildman–Crippen LogP) is 3.05. The van der Waals surface area contributed by atoms with Crippen LogP contribution in [-0.2, 0) is 4.74 Å². The van der Waals surface area contributed by atoms with Gasteiger partial charge in [0.15, 0.2) is 0 Å². The molecule has 1 heterocycles. The summed E-state index contributed by atoms with van der Waals surface area (Å²) in [5.41, 5.74) is 8.80. The fourth-order valence-electron chi connectivity index (χ4n) is 2.15. The van der Waals surface area contributed by atoms with Crippen LogP contribution in [0.4, 0.5) is 11.4 Å².